The van der Waals surface area contributed by atoms with Crippen molar-refractivity contribution in [1.29, 1.82) is 0 Å². The van der Waals surface area contributed by atoms with E-state index in [1.165, 1.54) is 0 Å². The van der Waals surface area contributed by atoms with E-state index in [2.05, 4.69) is 10.2 Å². The molecule has 92 valence electrons. The zero-order chi connectivity index (χ0) is 12.4. The van der Waals surface area contributed by atoms with E-state index in [0.717, 1.165) is 36.3 Å². The van der Waals surface area contributed by atoms with Crippen molar-refractivity contribution in [3.05, 3.63) is 23.8 Å². The molecule has 1 aliphatic heterocycles. The maximum absolute atomic E-state index is 11.8. The summed E-state index contributed by atoms with van der Waals surface area (Å²) in [5, 5.41) is 2.72. The molecule has 1 aliphatic rings. The second-order valence-electron chi connectivity index (χ2n) is 4.51. The third kappa shape index (κ3) is 2.20. The van der Waals surface area contributed by atoms with Crippen molar-refractivity contribution in [2.45, 2.75) is 25.8 Å². The molecule has 4 heteroatoms. The van der Waals surface area contributed by atoms with Gasteiger partial charge in [0, 0.05) is 25.0 Å². The quantitative estimate of drug-likeness (QED) is 0.757. The van der Waals surface area contributed by atoms with Gasteiger partial charge in [0.05, 0.1) is 0 Å². The zero-order valence-corrected chi connectivity index (χ0v) is 10.4. The number of nitrogen functional groups attached to an aromatic ring is 1. The molecule has 3 N–H and O–H groups in total. The SMILES string of the molecule is CNC(=O)C1CCCN1c1ccc(C)c(N)c1. The van der Waals surface area contributed by atoms with Gasteiger partial charge in [0.15, 0.2) is 0 Å². The highest BCUT2D eigenvalue weighted by atomic mass is 16.2. The summed E-state index contributed by atoms with van der Waals surface area (Å²) in [7, 11) is 1.68. The Balaban J connectivity index is 2.26. The number of nitrogens with zero attached hydrogens (tertiary/aromatic N) is 1. The molecule has 1 atom stereocenters. The standard InChI is InChI=1S/C13H19N3O/c1-9-5-6-10(8-11(9)14)16-7-3-4-12(16)13(17)15-2/h5-6,8,12H,3-4,7,14H2,1-2H3,(H,15,17). The summed E-state index contributed by atoms with van der Waals surface area (Å²) in [6.07, 6.45) is 1.96. The van der Waals surface area contributed by atoms with E-state index in [9.17, 15) is 4.79 Å². The van der Waals surface area contributed by atoms with Crippen LogP contribution in [-0.4, -0.2) is 25.5 Å². The highest BCUT2D eigenvalue weighted by Crippen LogP contribution is 2.28. The maximum Gasteiger partial charge on any atom is 0.242 e. The molecule has 0 bridgehead atoms. The average molecular weight is 233 g/mol. The van der Waals surface area contributed by atoms with Gasteiger partial charge >= 0.3 is 0 Å². The molecule has 1 heterocycles. The number of aryl methyl sites for hydroxylation is 1. The number of carbonyl (C=O) groups excluding carboxylic acids is 1. The first-order chi connectivity index (χ1) is 8.13. The summed E-state index contributed by atoms with van der Waals surface area (Å²) < 4.78 is 0. The van der Waals surface area contributed by atoms with E-state index in [-0.39, 0.29) is 11.9 Å². The van der Waals surface area contributed by atoms with Crippen LogP contribution in [0.5, 0.6) is 0 Å². The van der Waals surface area contributed by atoms with E-state index in [4.69, 9.17) is 5.73 Å². The van der Waals surface area contributed by atoms with Gasteiger partial charge in [-0.25, -0.2) is 0 Å². The topological polar surface area (TPSA) is 58.4 Å². The van der Waals surface area contributed by atoms with Crippen molar-refractivity contribution in [1.82, 2.24) is 5.32 Å². The first kappa shape index (κ1) is 11.8. The molecule has 0 radical (unpaired) electrons. The number of rotatable bonds is 2. The molecule has 1 unspecified atom stereocenters. The lowest BCUT2D eigenvalue weighted by atomic mass is 10.1. The van der Waals surface area contributed by atoms with Gasteiger partial charge in [0.25, 0.3) is 0 Å². The molecule has 1 amide bonds. The van der Waals surface area contributed by atoms with Crippen molar-refractivity contribution >= 4 is 17.3 Å². The number of nitrogens with two attached hydrogens (primary N) is 1. The molecule has 1 saturated heterocycles. The van der Waals surface area contributed by atoms with Crippen LogP contribution in [0.2, 0.25) is 0 Å². The minimum absolute atomic E-state index is 0.0536. The summed E-state index contributed by atoms with van der Waals surface area (Å²) in [5.74, 6) is 0.0849. The van der Waals surface area contributed by atoms with Gasteiger partial charge in [-0.05, 0) is 37.5 Å². The number of nitrogens with one attached hydrogen (secondary N) is 1. The third-order valence-corrected chi connectivity index (χ3v) is 3.40. The molecule has 0 aliphatic carbocycles. The maximum atomic E-state index is 11.8. The Kier molecular flexibility index (Phi) is 3.22. The largest absolute Gasteiger partial charge is 0.398 e. The van der Waals surface area contributed by atoms with Gasteiger partial charge in [-0.15, -0.1) is 0 Å². The van der Waals surface area contributed by atoms with Gasteiger partial charge < -0.3 is 16.0 Å². The monoisotopic (exact) mass is 233 g/mol. The second-order valence-corrected chi connectivity index (χ2v) is 4.51. The zero-order valence-electron chi connectivity index (χ0n) is 10.4. The van der Waals surface area contributed by atoms with Crippen LogP contribution < -0.4 is 16.0 Å². The fourth-order valence-electron chi connectivity index (χ4n) is 2.32. The molecule has 4 nitrogen and oxygen atoms in total. The lowest BCUT2D eigenvalue weighted by molar-refractivity contribution is -0.121. The highest BCUT2D eigenvalue weighted by Gasteiger charge is 2.30. The van der Waals surface area contributed by atoms with Crippen LogP contribution in [0.15, 0.2) is 18.2 Å². The van der Waals surface area contributed by atoms with Crippen LogP contribution >= 0.6 is 0 Å². The molecule has 0 spiro atoms. The van der Waals surface area contributed by atoms with Gasteiger partial charge in [-0.3, -0.25) is 4.79 Å². The molecule has 0 aromatic heterocycles. The number of hydrogen-bond donors (Lipinski definition) is 2. The first-order valence-electron chi connectivity index (χ1n) is 5.98. The Hall–Kier alpha value is -1.71. The van der Waals surface area contributed by atoms with Crippen LogP contribution in [0.3, 0.4) is 0 Å². The van der Waals surface area contributed by atoms with E-state index in [0.29, 0.717) is 0 Å². The Bertz CT molecular complexity index is 431. The second kappa shape index (κ2) is 4.65. The van der Waals surface area contributed by atoms with Gasteiger partial charge in [-0.1, -0.05) is 6.07 Å². The van der Waals surface area contributed by atoms with Crippen molar-refractivity contribution in [3.63, 3.8) is 0 Å². The summed E-state index contributed by atoms with van der Waals surface area (Å²) in [4.78, 5) is 13.9. The number of likely N-dealkylation sites (N-methyl/N-ethyl adjacent to an activating group) is 1. The predicted octanol–water partition coefficient (Wildman–Crippen LogP) is 1.29. The lowest BCUT2D eigenvalue weighted by Crippen LogP contribution is -2.42. The van der Waals surface area contributed by atoms with Gasteiger partial charge in [0.1, 0.15) is 6.04 Å². The highest BCUT2D eigenvalue weighted by molar-refractivity contribution is 5.85. The van der Waals surface area contributed by atoms with Gasteiger partial charge in [0.2, 0.25) is 5.91 Å². The minimum Gasteiger partial charge on any atom is -0.398 e. The molecule has 2 rings (SSSR count). The van der Waals surface area contributed by atoms with Crippen molar-refractivity contribution in [2.24, 2.45) is 0 Å². The number of amides is 1. The van der Waals surface area contributed by atoms with E-state index in [1.54, 1.807) is 7.05 Å². The Labute approximate surface area is 102 Å². The summed E-state index contributed by atoms with van der Waals surface area (Å²) in [5.41, 5.74) is 8.81. The van der Waals surface area contributed by atoms with Crippen molar-refractivity contribution < 1.29 is 4.79 Å². The van der Waals surface area contributed by atoms with Crippen LogP contribution in [0, 0.1) is 6.92 Å². The normalized spacial score (nSPS) is 19.4. The first-order valence-corrected chi connectivity index (χ1v) is 5.98. The molecule has 0 saturated carbocycles. The van der Waals surface area contributed by atoms with E-state index < -0.39 is 0 Å². The Morgan fingerprint density at radius 3 is 2.94 bits per heavy atom. The van der Waals surface area contributed by atoms with Gasteiger partial charge in [-0.2, -0.15) is 0 Å². The fraction of sp³-hybridized carbons (Fsp3) is 0.462. The molecule has 1 fully saturated rings. The van der Waals surface area contributed by atoms with Crippen LogP contribution in [0.4, 0.5) is 11.4 Å². The molecule has 1 aromatic rings. The van der Waals surface area contributed by atoms with Crippen molar-refractivity contribution in [3.8, 4) is 0 Å². The molecular weight excluding hydrogens is 214 g/mol. The summed E-state index contributed by atoms with van der Waals surface area (Å²) >= 11 is 0. The van der Waals surface area contributed by atoms with E-state index >= 15 is 0 Å². The number of hydrogen-bond acceptors (Lipinski definition) is 3. The minimum atomic E-state index is -0.0536. The van der Waals surface area contributed by atoms with Crippen LogP contribution in [0.1, 0.15) is 18.4 Å². The third-order valence-electron chi connectivity index (χ3n) is 3.40. The molecule has 17 heavy (non-hydrogen) atoms. The Morgan fingerprint density at radius 1 is 1.53 bits per heavy atom. The average Bonchev–Trinajstić information content (AvgIpc) is 2.80. The number of carbonyl (C=O) groups is 1. The smallest absolute Gasteiger partial charge is 0.242 e. The van der Waals surface area contributed by atoms with E-state index in [1.807, 2.05) is 25.1 Å². The summed E-state index contributed by atoms with van der Waals surface area (Å²) in [6.45, 7) is 2.90. The summed E-state index contributed by atoms with van der Waals surface area (Å²) in [6, 6.07) is 5.94. The molecular formula is C13H19N3O. The number of anilines is 2. The van der Waals surface area contributed by atoms with Crippen molar-refractivity contribution in [2.75, 3.05) is 24.2 Å². The molecule has 1 aromatic carbocycles. The predicted molar refractivity (Wildman–Crippen MR) is 70.0 cm³/mol. The Morgan fingerprint density at radius 2 is 2.29 bits per heavy atom. The fourth-order valence-corrected chi connectivity index (χ4v) is 2.32. The van der Waals surface area contributed by atoms with Crippen LogP contribution in [0.25, 0.3) is 0 Å². The number of benzene rings is 1. The lowest BCUT2D eigenvalue weighted by Gasteiger charge is -2.26. The van der Waals surface area contributed by atoms with Crippen LogP contribution in [-0.2, 0) is 4.79 Å².